The number of hydrogen-bond donors (Lipinski definition) is 2. The summed E-state index contributed by atoms with van der Waals surface area (Å²) in [5.41, 5.74) is 6.89. The molecule has 0 spiro atoms. The molecule has 0 aliphatic carbocycles. The molecule has 118 valence electrons. The van der Waals surface area contributed by atoms with Crippen LogP contribution in [0.5, 0.6) is 0 Å². The maximum Gasteiger partial charge on any atom is 0.225 e. The van der Waals surface area contributed by atoms with Gasteiger partial charge in [-0.25, -0.2) is 0 Å². The van der Waals surface area contributed by atoms with Gasteiger partial charge in [-0.05, 0) is 58.9 Å². The third-order valence-corrected chi connectivity index (χ3v) is 3.39. The van der Waals surface area contributed by atoms with Gasteiger partial charge in [0, 0.05) is 18.0 Å². The molecular weight excluding hydrogens is 288 g/mol. The summed E-state index contributed by atoms with van der Waals surface area (Å²) in [4.78, 5) is 16.2. The second-order valence-electron chi connectivity index (χ2n) is 5.49. The number of nitrogens with zero attached hydrogens (tertiary/aromatic N) is 2. The first-order valence-electron chi connectivity index (χ1n) is 7.06. The Morgan fingerprint density at radius 1 is 1.24 bits per heavy atom. The molecule has 0 fully saturated rings. The van der Waals surface area contributed by atoms with Crippen molar-refractivity contribution in [3.05, 3.63) is 23.2 Å². The van der Waals surface area contributed by atoms with Crippen molar-refractivity contribution in [1.29, 1.82) is 0 Å². The number of halogens is 1. The van der Waals surface area contributed by atoms with Gasteiger partial charge in [-0.1, -0.05) is 11.6 Å². The third-order valence-electron chi connectivity index (χ3n) is 3.16. The van der Waals surface area contributed by atoms with Crippen LogP contribution in [-0.4, -0.2) is 56.5 Å². The molecule has 0 radical (unpaired) electrons. The molecule has 0 saturated heterocycles. The molecule has 0 heterocycles. The Morgan fingerprint density at radius 2 is 1.95 bits per heavy atom. The Kier molecular flexibility index (Phi) is 7.50. The molecule has 6 heteroatoms. The van der Waals surface area contributed by atoms with Gasteiger partial charge in [0.15, 0.2) is 0 Å². The highest BCUT2D eigenvalue weighted by atomic mass is 35.5. The Bertz CT molecular complexity index is 465. The van der Waals surface area contributed by atoms with Crippen molar-refractivity contribution in [3.63, 3.8) is 0 Å². The summed E-state index contributed by atoms with van der Waals surface area (Å²) >= 11 is 5.89. The maximum absolute atomic E-state index is 11.9. The molecule has 0 aromatic heterocycles. The van der Waals surface area contributed by atoms with Crippen LogP contribution in [-0.2, 0) is 4.79 Å². The first-order chi connectivity index (χ1) is 9.88. The van der Waals surface area contributed by atoms with Crippen LogP contribution in [0.4, 0.5) is 11.4 Å². The molecule has 1 rings (SSSR count). The first-order valence-corrected chi connectivity index (χ1v) is 7.44. The van der Waals surface area contributed by atoms with Crippen molar-refractivity contribution in [3.8, 4) is 0 Å². The topological polar surface area (TPSA) is 61.6 Å². The first kappa shape index (κ1) is 17.8. The largest absolute Gasteiger partial charge is 0.397 e. The van der Waals surface area contributed by atoms with Crippen LogP contribution < -0.4 is 11.1 Å². The molecule has 0 bridgehead atoms. The van der Waals surface area contributed by atoms with Crippen molar-refractivity contribution in [2.45, 2.75) is 12.8 Å². The van der Waals surface area contributed by atoms with E-state index in [1.807, 2.05) is 7.05 Å². The molecule has 1 amide bonds. The Balaban J connectivity index is 2.32. The Labute approximate surface area is 132 Å². The van der Waals surface area contributed by atoms with Crippen LogP contribution in [0.3, 0.4) is 0 Å². The number of hydrogen-bond acceptors (Lipinski definition) is 4. The summed E-state index contributed by atoms with van der Waals surface area (Å²) in [7, 11) is 6.14. The van der Waals surface area contributed by atoms with Crippen LogP contribution >= 0.6 is 11.6 Å². The molecule has 0 aliphatic rings. The minimum atomic E-state index is -0.0524. The number of carbonyl (C=O) groups is 1. The molecule has 0 saturated carbocycles. The zero-order valence-corrected chi connectivity index (χ0v) is 13.8. The monoisotopic (exact) mass is 312 g/mol. The average Bonchev–Trinajstić information content (AvgIpc) is 2.40. The van der Waals surface area contributed by atoms with E-state index in [-0.39, 0.29) is 5.91 Å². The summed E-state index contributed by atoms with van der Waals surface area (Å²) in [6.45, 7) is 2.75. The van der Waals surface area contributed by atoms with E-state index in [4.69, 9.17) is 17.3 Å². The van der Waals surface area contributed by atoms with E-state index >= 15 is 0 Å². The lowest BCUT2D eigenvalue weighted by atomic mass is 10.2. The lowest BCUT2D eigenvalue weighted by Gasteiger charge is -2.18. The zero-order valence-electron chi connectivity index (χ0n) is 13.0. The molecular formula is C15H25ClN4O. The van der Waals surface area contributed by atoms with Crippen LogP contribution in [0.15, 0.2) is 18.2 Å². The number of benzene rings is 1. The van der Waals surface area contributed by atoms with Gasteiger partial charge in [0.2, 0.25) is 5.91 Å². The minimum Gasteiger partial charge on any atom is -0.397 e. The van der Waals surface area contributed by atoms with Crippen molar-refractivity contribution >= 4 is 28.9 Å². The number of carbonyl (C=O) groups excluding carboxylic acids is 1. The average molecular weight is 313 g/mol. The van der Waals surface area contributed by atoms with Crippen molar-refractivity contribution in [1.82, 2.24) is 9.80 Å². The second kappa shape index (κ2) is 8.87. The van der Waals surface area contributed by atoms with E-state index in [1.165, 1.54) is 0 Å². The number of anilines is 2. The van der Waals surface area contributed by atoms with Crippen LogP contribution in [0.1, 0.15) is 12.8 Å². The SMILES string of the molecule is CN(C)CCCN(C)CCC(=O)Nc1cc(Cl)ccc1N. The maximum atomic E-state index is 11.9. The Morgan fingerprint density at radius 3 is 2.62 bits per heavy atom. The lowest BCUT2D eigenvalue weighted by Crippen LogP contribution is -2.27. The zero-order chi connectivity index (χ0) is 15.8. The highest BCUT2D eigenvalue weighted by molar-refractivity contribution is 6.31. The number of nitrogens with two attached hydrogens (primary N) is 1. The van der Waals surface area contributed by atoms with Crippen LogP contribution in [0, 0.1) is 0 Å². The fraction of sp³-hybridized carbons (Fsp3) is 0.533. The van der Waals surface area contributed by atoms with E-state index in [1.54, 1.807) is 18.2 Å². The summed E-state index contributed by atoms with van der Waals surface area (Å²) < 4.78 is 0. The predicted octanol–water partition coefficient (Wildman–Crippen LogP) is 2.13. The number of amides is 1. The second-order valence-corrected chi connectivity index (χ2v) is 5.93. The number of rotatable bonds is 8. The molecule has 0 aliphatic heterocycles. The quantitative estimate of drug-likeness (QED) is 0.722. The van der Waals surface area contributed by atoms with Crippen molar-refractivity contribution < 1.29 is 4.79 Å². The van der Waals surface area contributed by atoms with Gasteiger partial charge >= 0.3 is 0 Å². The normalized spacial score (nSPS) is 11.1. The highest BCUT2D eigenvalue weighted by Crippen LogP contribution is 2.22. The minimum absolute atomic E-state index is 0.0524. The van der Waals surface area contributed by atoms with Gasteiger partial charge in [0.05, 0.1) is 11.4 Å². The molecule has 0 atom stereocenters. The molecule has 5 nitrogen and oxygen atoms in total. The molecule has 1 aromatic rings. The Hall–Kier alpha value is -1.30. The summed E-state index contributed by atoms with van der Waals surface area (Å²) in [6, 6.07) is 5.05. The molecule has 3 N–H and O–H groups in total. The van der Waals surface area contributed by atoms with Crippen molar-refractivity contribution in [2.24, 2.45) is 0 Å². The summed E-state index contributed by atoms with van der Waals surface area (Å²) in [6.07, 6.45) is 1.52. The van der Waals surface area contributed by atoms with Gasteiger partial charge in [0.25, 0.3) is 0 Å². The van der Waals surface area contributed by atoms with Gasteiger partial charge in [-0.2, -0.15) is 0 Å². The summed E-state index contributed by atoms with van der Waals surface area (Å²) in [5.74, 6) is -0.0524. The number of nitrogen functional groups attached to an aromatic ring is 1. The van der Waals surface area contributed by atoms with E-state index in [2.05, 4.69) is 29.2 Å². The van der Waals surface area contributed by atoms with E-state index < -0.39 is 0 Å². The third kappa shape index (κ3) is 7.32. The van der Waals surface area contributed by atoms with Gasteiger partial charge in [-0.15, -0.1) is 0 Å². The standard InChI is InChI=1S/C15H25ClN4O/c1-19(2)8-4-9-20(3)10-7-15(21)18-14-11-12(16)5-6-13(14)17/h5-6,11H,4,7-10,17H2,1-3H3,(H,18,21). The van der Waals surface area contributed by atoms with Crippen LogP contribution in [0.2, 0.25) is 5.02 Å². The fourth-order valence-electron chi connectivity index (χ4n) is 1.91. The predicted molar refractivity (Wildman–Crippen MR) is 89.8 cm³/mol. The van der Waals surface area contributed by atoms with Crippen molar-refractivity contribution in [2.75, 3.05) is 51.8 Å². The van der Waals surface area contributed by atoms with Gasteiger partial charge < -0.3 is 20.9 Å². The molecule has 0 unspecified atom stereocenters. The van der Waals surface area contributed by atoms with E-state index in [9.17, 15) is 4.79 Å². The number of nitrogens with one attached hydrogen (secondary N) is 1. The van der Waals surface area contributed by atoms with E-state index in [0.29, 0.717) is 22.8 Å². The van der Waals surface area contributed by atoms with Gasteiger partial charge in [0.1, 0.15) is 0 Å². The molecule has 1 aromatic carbocycles. The fourth-order valence-corrected chi connectivity index (χ4v) is 2.08. The smallest absolute Gasteiger partial charge is 0.225 e. The lowest BCUT2D eigenvalue weighted by molar-refractivity contribution is -0.116. The summed E-state index contributed by atoms with van der Waals surface area (Å²) in [5, 5.41) is 3.35. The van der Waals surface area contributed by atoms with Crippen LogP contribution in [0.25, 0.3) is 0 Å². The molecule has 21 heavy (non-hydrogen) atoms. The van der Waals surface area contributed by atoms with Gasteiger partial charge in [-0.3, -0.25) is 4.79 Å². The highest BCUT2D eigenvalue weighted by Gasteiger charge is 2.07. The van der Waals surface area contributed by atoms with E-state index in [0.717, 1.165) is 26.1 Å².